The van der Waals surface area contributed by atoms with Crippen molar-refractivity contribution in [1.29, 1.82) is 0 Å². The lowest BCUT2D eigenvalue weighted by Crippen LogP contribution is -2.35. The van der Waals surface area contributed by atoms with Gasteiger partial charge in [0, 0.05) is 11.3 Å². The maximum absolute atomic E-state index is 11.8. The largest absolute Gasteiger partial charge is 0.472 e. The van der Waals surface area contributed by atoms with Gasteiger partial charge in [0.1, 0.15) is 0 Å². The Kier molecular flexibility index (Phi) is 5.17. The molecule has 1 heterocycles. The Balaban J connectivity index is 1.63. The van der Waals surface area contributed by atoms with Crippen molar-refractivity contribution in [3.05, 3.63) is 24.2 Å². The molecule has 3 nitrogen and oxygen atoms in total. The van der Waals surface area contributed by atoms with E-state index in [0.29, 0.717) is 11.0 Å². The summed E-state index contributed by atoms with van der Waals surface area (Å²) in [6.07, 6.45) is 9.45. The molecule has 0 unspecified atom stereocenters. The van der Waals surface area contributed by atoms with E-state index in [1.54, 1.807) is 12.5 Å². The van der Waals surface area contributed by atoms with Gasteiger partial charge in [-0.3, -0.25) is 4.79 Å². The van der Waals surface area contributed by atoms with Crippen molar-refractivity contribution in [2.45, 2.75) is 50.3 Å². The lowest BCUT2D eigenvalue weighted by Gasteiger charge is -2.14. The van der Waals surface area contributed by atoms with Crippen LogP contribution in [-0.2, 0) is 11.2 Å². The predicted molar refractivity (Wildman–Crippen MR) is 74.7 cm³/mol. The number of carbonyl (C=O) groups is 1. The number of hydrogen-bond acceptors (Lipinski definition) is 3. The third kappa shape index (κ3) is 4.41. The van der Waals surface area contributed by atoms with E-state index in [-0.39, 0.29) is 11.9 Å². The van der Waals surface area contributed by atoms with Crippen molar-refractivity contribution in [3.63, 3.8) is 0 Å². The van der Waals surface area contributed by atoms with Crippen LogP contribution in [0.4, 0.5) is 0 Å². The van der Waals surface area contributed by atoms with Gasteiger partial charge in [0.25, 0.3) is 0 Å². The van der Waals surface area contributed by atoms with Gasteiger partial charge in [-0.15, -0.1) is 11.8 Å². The van der Waals surface area contributed by atoms with Gasteiger partial charge in [-0.05, 0) is 37.8 Å². The molecule has 0 saturated heterocycles. The van der Waals surface area contributed by atoms with Crippen molar-refractivity contribution in [2.75, 3.05) is 5.75 Å². The monoisotopic (exact) mass is 267 g/mol. The maximum Gasteiger partial charge on any atom is 0.230 e. The third-order valence-electron chi connectivity index (χ3n) is 3.28. The average Bonchev–Trinajstić information content (AvgIpc) is 2.98. The van der Waals surface area contributed by atoms with E-state index in [0.717, 1.165) is 12.0 Å². The minimum Gasteiger partial charge on any atom is -0.472 e. The first kappa shape index (κ1) is 13.5. The first-order valence-electron chi connectivity index (χ1n) is 6.66. The molecule has 1 N–H and O–H groups in total. The molecular weight excluding hydrogens is 246 g/mol. The summed E-state index contributed by atoms with van der Waals surface area (Å²) < 4.78 is 5.02. The normalized spacial score (nSPS) is 17.8. The van der Waals surface area contributed by atoms with Crippen LogP contribution in [-0.4, -0.2) is 23.0 Å². The van der Waals surface area contributed by atoms with E-state index in [4.69, 9.17) is 4.42 Å². The highest BCUT2D eigenvalue weighted by atomic mass is 32.2. The van der Waals surface area contributed by atoms with Gasteiger partial charge in [0.15, 0.2) is 0 Å². The standard InChI is InChI=1S/C14H21NO2S/c1-11(8-12-6-7-17-9-12)15-14(16)10-18-13-4-2-3-5-13/h6-7,9,11,13H,2-5,8,10H2,1H3,(H,15,16)/t11-/m0/s1. The summed E-state index contributed by atoms with van der Waals surface area (Å²) >= 11 is 1.81. The van der Waals surface area contributed by atoms with E-state index in [1.807, 2.05) is 24.8 Å². The fourth-order valence-corrected chi connectivity index (χ4v) is 3.52. The number of nitrogens with one attached hydrogen (secondary N) is 1. The Morgan fingerprint density at radius 2 is 2.33 bits per heavy atom. The van der Waals surface area contributed by atoms with Gasteiger partial charge in [0.2, 0.25) is 5.91 Å². The number of carbonyl (C=O) groups excluding carboxylic acids is 1. The number of rotatable bonds is 6. The van der Waals surface area contributed by atoms with Crippen molar-refractivity contribution in [2.24, 2.45) is 0 Å². The van der Waals surface area contributed by atoms with Crippen LogP contribution in [0.5, 0.6) is 0 Å². The van der Waals surface area contributed by atoms with Gasteiger partial charge in [-0.1, -0.05) is 12.8 Å². The van der Waals surface area contributed by atoms with E-state index < -0.39 is 0 Å². The highest BCUT2D eigenvalue weighted by Gasteiger charge is 2.17. The Bertz CT molecular complexity index is 358. The predicted octanol–water partition coefficient (Wildman–Crippen LogP) is 3.00. The van der Waals surface area contributed by atoms with Crippen LogP contribution in [0.2, 0.25) is 0 Å². The molecule has 1 atom stereocenters. The quantitative estimate of drug-likeness (QED) is 0.861. The molecule has 1 aliphatic carbocycles. The molecule has 100 valence electrons. The van der Waals surface area contributed by atoms with Crippen LogP contribution in [0.15, 0.2) is 23.0 Å². The summed E-state index contributed by atoms with van der Waals surface area (Å²) in [7, 11) is 0. The highest BCUT2D eigenvalue weighted by Crippen LogP contribution is 2.29. The molecule has 0 aliphatic heterocycles. The number of hydrogen-bond donors (Lipinski definition) is 1. The van der Waals surface area contributed by atoms with Crippen LogP contribution in [0.1, 0.15) is 38.2 Å². The number of amides is 1. The Hall–Kier alpha value is -0.900. The van der Waals surface area contributed by atoms with Crippen molar-refractivity contribution in [1.82, 2.24) is 5.32 Å². The molecule has 0 spiro atoms. The molecule has 18 heavy (non-hydrogen) atoms. The molecular formula is C14H21NO2S. The SMILES string of the molecule is C[C@@H](Cc1ccoc1)NC(=O)CSC1CCCC1. The van der Waals surface area contributed by atoms with Gasteiger partial charge >= 0.3 is 0 Å². The summed E-state index contributed by atoms with van der Waals surface area (Å²) in [6, 6.07) is 2.11. The van der Waals surface area contributed by atoms with E-state index in [2.05, 4.69) is 5.32 Å². The number of furan rings is 1. The maximum atomic E-state index is 11.8. The second-order valence-corrected chi connectivity index (χ2v) is 6.31. The zero-order chi connectivity index (χ0) is 12.8. The molecule has 1 aromatic heterocycles. The van der Waals surface area contributed by atoms with Gasteiger partial charge < -0.3 is 9.73 Å². The summed E-state index contributed by atoms with van der Waals surface area (Å²) in [6.45, 7) is 2.03. The van der Waals surface area contributed by atoms with Gasteiger partial charge in [-0.2, -0.15) is 0 Å². The molecule has 0 aromatic carbocycles. The Morgan fingerprint density at radius 3 is 3.00 bits per heavy atom. The molecule has 4 heteroatoms. The Labute approximate surface area is 113 Å². The lowest BCUT2D eigenvalue weighted by atomic mass is 10.1. The fourth-order valence-electron chi connectivity index (χ4n) is 2.38. The first-order chi connectivity index (χ1) is 8.74. The zero-order valence-corrected chi connectivity index (χ0v) is 11.7. The minimum atomic E-state index is 0.155. The van der Waals surface area contributed by atoms with Crippen LogP contribution in [0.3, 0.4) is 0 Å². The molecule has 2 rings (SSSR count). The van der Waals surface area contributed by atoms with Gasteiger partial charge in [-0.25, -0.2) is 0 Å². The summed E-state index contributed by atoms with van der Waals surface area (Å²) in [5.74, 6) is 0.753. The van der Waals surface area contributed by atoms with Crippen LogP contribution >= 0.6 is 11.8 Å². The van der Waals surface area contributed by atoms with Crippen LogP contribution in [0, 0.1) is 0 Å². The third-order valence-corrected chi connectivity index (χ3v) is 4.65. The topological polar surface area (TPSA) is 42.2 Å². The second kappa shape index (κ2) is 6.88. The highest BCUT2D eigenvalue weighted by molar-refractivity contribution is 8.00. The van der Waals surface area contributed by atoms with Gasteiger partial charge in [0.05, 0.1) is 18.3 Å². The fraction of sp³-hybridized carbons (Fsp3) is 0.643. The van der Waals surface area contributed by atoms with E-state index in [9.17, 15) is 4.79 Å². The lowest BCUT2D eigenvalue weighted by molar-refractivity contribution is -0.119. The van der Waals surface area contributed by atoms with Crippen molar-refractivity contribution >= 4 is 17.7 Å². The molecule has 1 fully saturated rings. The summed E-state index contributed by atoms with van der Waals surface area (Å²) in [4.78, 5) is 11.8. The van der Waals surface area contributed by atoms with E-state index >= 15 is 0 Å². The first-order valence-corrected chi connectivity index (χ1v) is 7.71. The molecule has 1 amide bonds. The molecule has 1 aromatic rings. The van der Waals surface area contributed by atoms with E-state index in [1.165, 1.54) is 25.7 Å². The second-order valence-electron chi connectivity index (χ2n) is 5.02. The molecule has 0 bridgehead atoms. The molecule has 1 saturated carbocycles. The van der Waals surface area contributed by atoms with Crippen LogP contribution in [0.25, 0.3) is 0 Å². The molecule has 1 aliphatic rings. The zero-order valence-electron chi connectivity index (χ0n) is 10.9. The summed E-state index contributed by atoms with van der Waals surface area (Å²) in [5.41, 5.74) is 1.13. The smallest absolute Gasteiger partial charge is 0.230 e. The average molecular weight is 267 g/mol. The van der Waals surface area contributed by atoms with Crippen molar-refractivity contribution < 1.29 is 9.21 Å². The molecule has 0 radical (unpaired) electrons. The van der Waals surface area contributed by atoms with Crippen LogP contribution < -0.4 is 5.32 Å². The number of thioether (sulfide) groups is 1. The Morgan fingerprint density at radius 1 is 1.56 bits per heavy atom. The summed E-state index contributed by atoms with van der Waals surface area (Å²) in [5, 5.41) is 3.75. The van der Waals surface area contributed by atoms with Crippen molar-refractivity contribution in [3.8, 4) is 0 Å². The minimum absolute atomic E-state index is 0.155.